The van der Waals surface area contributed by atoms with Crippen LogP contribution in [-0.4, -0.2) is 39.0 Å². The average Bonchev–Trinajstić information content (AvgIpc) is 2.16. The molecule has 1 aliphatic rings. The van der Waals surface area contributed by atoms with Gasteiger partial charge in [0.05, 0.1) is 19.3 Å². The Kier molecular flexibility index (Phi) is 4.12. The Labute approximate surface area is 79.1 Å². The SMILES string of the molecule is COC1(COC(C)C)OCCCO1. The van der Waals surface area contributed by atoms with Gasteiger partial charge in [0, 0.05) is 7.11 Å². The van der Waals surface area contributed by atoms with Crippen molar-refractivity contribution in [2.75, 3.05) is 26.9 Å². The van der Waals surface area contributed by atoms with E-state index in [1.165, 1.54) is 0 Å². The second-order valence-electron chi connectivity index (χ2n) is 3.30. The molecule has 1 saturated heterocycles. The minimum absolute atomic E-state index is 0.154. The van der Waals surface area contributed by atoms with Crippen molar-refractivity contribution in [3.63, 3.8) is 0 Å². The number of ether oxygens (including phenoxy) is 4. The Morgan fingerprint density at radius 1 is 1.31 bits per heavy atom. The van der Waals surface area contributed by atoms with Crippen LogP contribution in [0, 0.1) is 0 Å². The van der Waals surface area contributed by atoms with Crippen LogP contribution in [-0.2, 0) is 18.9 Å². The first-order valence-corrected chi connectivity index (χ1v) is 4.63. The number of hydrogen-bond donors (Lipinski definition) is 0. The van der Waals surface area contributed by atoms with Crippen LogP contribution in [0.1, 0.15) is 20.3 Å². The molecule has 0 unspecified atom stereocenters. The van der Waals surface area contributed by atoms with E-state index in [0.29, 0.717) is 19.8 Å². The van der Waals surface area contributed by atoms with Gasteiger partial charge >= 0.3 is 5.97 Å². The molecule has 1 fully saturated rings. The lowest BCUT2D eigenvalue weighted by atomic mass is 10.4. The predicted octanol–water partition coefficient (Wildman–Crippen LogP) is 1.15. The highest BCUT2D eigenvalue weighted by Crippen LogP contribution is 2.20. The third-order valence-electron chi connectivity index (χ3n) is 1.84. The third kappa shape index (κ3) is 3.23. The topological polar surface area (TPSA) is 36.9 Å². The highest BCUT2D eigenvalue weighted by molar-refractivity contribution is 4.61. The molecule has 0 aliphatic carbocycles. The van der Waals surface area contributed by atoms with E-state index in [0.717, 1.165) is 6.42 Å². The summed E-state index contributed by atoms with van der Waals surface area (Å²) in [6.07, 6.45) is 1.06. The van der Waals surface area contributed by atoms with Crippen LogP contribution < -0.4 is 0 Å². The zero-order valence-corrected chi connectivity index (χ0v) is 8.54. The third-order valence-corrected chi connectivity index (χ3v) is 1.84. The summed E-state index contributed by atoms with van der Waals surface area (Å²) < 4.78 is 21.4. The molecule has 4 heteroatoms. The molecular weight excluding hydrogens is 172 g/mol. The molecule has 13 heavy (non-hydrogen) atoms. The van der Waals surface area contributed by atoms with E-state index in [-0.39, 0.29) is 6.10 Å². The Morgan fingerprint density at radius 2 is 1.92 bits per heavy atom. The minimum atomic E-state index is -0.970. The van der Waals surface area contributed by atoms with Gasteiger partial charge in [0.1, 0.15) is 6.61 Å². The molecule has 0 amide bonds. The van der Waals surface area contributed by atoms with Gasteiger partial charge in [-0.05, 0) is 20.3 Å². The van der Waals surface area contributed by atoms with Crippen LogP contribution in [0.25, 0.3) is 0 Å². The van der Waals surface area contributed by atoms with Crippen LogP contribution >= 0.6 is 0 Å². The van der Waals surface area contributed by atoms with Gasteiger partial charge in [0.15, 0.2) is 0 Å². The van der Waals surface area contributed by atoms with E-state index in [1.54, 1.807) is 7.11 Å². The summed E-state index contributed by atoms with van der Waals surface area (Å²) in [6.45, 7) is 5.57. The van der Waals surface area contributed by atoms with Crippen LogP contribution in [0.4, 0.5) is 0 Å². The van der Waals surface area contributed by atoms with Crippen LogP contribution in [0.5, 0.6) is 0 Å². The first-order valence-electron chi connectivity index (χ1n) is 4.63. The maximum Gasteiger partial charge on any atom is 0.307 e. The molecule has 1 rings (SSSR count). The summed E-state index contributed by atoms with van der Waals surface area (Å²) in [5.41, 5.74) is 0. The highest BCUT2D eigenvalue weighted by atomic mass is 16.9. The lowest BCUT2D eigenvalue weighted by Crippen LogP contribution is -2.46. The van der Waals surface area contributed by atoms with Crippen molar-refractivity contribution in [2.24, 2.45) is 0 Å². The number of rotatable bonds is 4. The van der Waals surface area contributed by atoms with Crippen LogP contribution in [0.15, 0.2) is 0 Å². The molecule has 0 aromatic rings. The molecule has 1 heterocycles. The van der Waals surface area contributed by atoms with Gasteiger partial charge in [0.2, 0.25) is 0 Å². The van der Waals surface area contributed by atoms with E-state index in [2.05, 4.69) is 0 Å². The van der Waals surface area contributed by atoms with Gasteiger partial charge in [-0.25, -0.2) is 0 Å². The minimum Gasteiger partial charge on any atom is -0.370 e. The summed E-state index contributed by atoms with van der Waals surface area (Å²) >= 11 is 0. The van der Waals surface area contributed by atoms with Gasteiger partial charge in [-0.15, -0.1) is 0 Å². The molecule has 0 aromatic heterocycles. The first kappa shape index (κ1) is 10.9. The number of methoxy groups -OCH3 is 1. The maximum atomic E-state index is 5.40. The molecule has 4 nitrogen and oxygen atoms in total. The molecule has 1 aliphatic heterocycles. The second-order valence-corrected chi connectivity index (χ2v) is 3.30. The summed E-state index contributed by atoms with van der Waals surface area (Å²) in [6, 6.07) is 0. The molecule has 0 atom stereocenters. The molecule has 0 radical (unpaired) electrons. The molecule has 0 saturated carbocycles. The molecule has 0 bridgehead atoms. The standard InChI is InChI=1S/C9H18O4/c1-8(2)11-7-9(10-3)12-5-4-6-13-9/h8H,4-7H2,1-3H3. The predicted molar refractivity (Wildman–Crippen MR) is 47.3 cm³/mol. The van der Waals surface area contributed by atoms with E-state index < -0.39 is 5.97 Å². The van der Waals surface area contributed by atoms with Gasteiger partial charge in [-0.2, -0.15) is 0 Å². The van der Waals surface area contributed by atoms with E-state index in [4.69, 9.17) is 18.9 Å². The Hall–Kier alpha value is -0.160. The molecule has 0 N–H and O–H groups in total. The monoisotopic (exact) mass is 190 g/mol. The summed E-state index contributed by atoms with van der Waals surface area (Å²) in [5.74, 6) is -0.970. The molecular formula is C9H18O4. The largest absolute Gasteiger partial charge is 0.370 e. The normalized spacial score (nSPS) is 22.2. The fourth-order valence-electron chi connectivity index (χ4n) is 1.08. The lowest BCUT2D eigenvalue weighted by molar-refractivity contribution is -0.405. The summed E-state index contributed by atoms with van der Waals surface area (Å²) in [7, 11) is 1.56. The zero-order chi connectivity index (χ0) is 9.73. The fraction of sp³-hybridized carbons (Fsp3) is 1.00. The van der Waals surface area contributed by atoms with Crippen molar-refractivity contribution in [2.45, 2.75) is 32.3 Å². The van der Waals surface area contributed by atoms with Crippen molar-refractivity contribution in [3.8, 4) is 0 Å². The molecule has 78 valence electrons. The Morgan fingerprint density at radius 3 is 2.38 bits per heavy atom. The van der Waals surface area contributed by atoms with Gasteiger partial charge in [0.25, 0.3) is 0 Å². The van der Waals surface area contributed by atoms with Crippen molar-refractivity contribution in [1.29, 1.82) is 0 Å². The van der Waals surface area contributed by atoms with Crippen LogP contribution in [0.3, 0.4) is 0 Å². The number of hydrogen-bond acceptors (Lipinski definition) is 4. The maximum absolute atomic E-state index is 5.40. The van der Waals surface area contributed by atoms with Gasteiger partial charge in [-0.1, -0.05) is 0 Å². The van der Waals surface area contributed by atoms with E-state index in [1.807, 2.05) is 13.8 Å². The summed E-state index contributed by atoms with van der Waals surface area (Å²) in [4.78, 5) is 0. The van der Waals surface area contributed by atoms with Crippen molar-refractivity contribution < 1.29 is 18.9 Å². The van der Waals surface area contributed by atoms with Gasteiger partial charge < -0.3 is 18.9 Å². The zero-order valence-electron chi connectivity index (χ0n) is 8.54. The average molecular weight is 190 g/mol. The lowest BCUT2D eigenvalue weighted by Gasteiger charge is -2.35. The smallest absolute Gasteiger partial charge is 0.307 e. The van der Waals surface area contributed by atoms with Crippen LogP contribution in [0.2, 0.25) is 0 Å². The van der Waals surface area contributed by atoms with Crippen molar-refractivity contribution >= 4 is 0 Å². The Bertz CT molecular complexity index is 141. The van der Waals surface area contributed by atoms with E-state index in [9.17, 15) is 0 Å². The quantitative estimate of drug-likeness (QED) is 0.666. The molecule has 0 spiro atoms. The van der Waals surface area contributed by atoms with E-state index >= 15 is 0 Å². The highest BCUT2D eigenvalue weighted by Gasteiger charge is 2.35. The molecule has 0 aromatic carbocycles. The van der Waals surface area contributed by atoms with Gasteiger partial charge in [-0.3, -0.25) is 0 Å². The second kappa shape index (κ2) is 4.91. The van der Waals surface area contributed by atoms with Crippen molar-refractivity contribution in [1.82, 2.24) is 0 Å². The Balaban J connectivity index is 2.38. The first-order chi connectivity index (χ1) is 6.18. The van der Waals surface area contributed by atoms with Crippen molar-refractivity contribution in [3.05, 3.63) is 0 Å². The summed E-state index contributed by atoms with van der Waals surface area (Å²) in [5, 5.41) is 0. The fourth-order valence-corrected chi connectivity index (χ4v) is 1.08.